The maximum absolute atomic E-state index is 11.6. The molecule has 78 valence electrons. The second-order valence-corrected chi connectivity index (χ2v) is 4.56. The highest BCUT2D eigenvalue weighted by atomic mass is 79.9. The predicted molar refractivity (Wildman–Crippen MR) is 59.9 cm³/mol. The monoisotopic (exact) mass is 277 g/mol. The van der Waals surface area contributed by atoms with Crippen molar-refractivity contribution in [3.8, 4) is 0 Å². The Hall–Kier alpha value is -0.490. The molecule has 0 aliphatic rings. The number of nitrogens with one attached hydrogen (secondary N) is 1. The Balaban J connectivity index is 2.47. The molecule has 1 unspecified atom stereocenters. The number of nitrogens with zero attached hydrogens (tertiary/aromatic N) is 2. The molecule has 1 heterocycles. The summed E-state index contributed by atoms with van der Waals surface area (Å²) in [6.07, 6.45) is 0. The molecule has 1 aromatic rings. The Kier molecular flexibility index (Phi) is 4.47. The highest BCUT2D eigenvalue weighted by Crippen LogP contribution is 2.08. The van der Waals surface area contributed by atoms with Crippen molar-refractivity contribution in [1.82, 2.24) is 14.9 Å². The van der Waals surface area contributed by atoms with Crippen molar-refractivity contribution in [3.05, 3.63) is 10.6 Å². The molecule has 0 saturated heterocycles. The van der Waals surface area contributed by atoms with E-state index in [1.807, 2.05) is 0 Å². The molecule has 6 heteroatoms. The van der Waals surface area contributed by atoms with Gasteiger partial charge >= 0.3 is 0 Å². The van der Waals surface area contributed by atoms with Crippen LogP contribution >= 0.6 is 27.5 Å². The van der Waals surface area contributed by atoms with E-state index in [1.54, 1.807) is 6.92 Å². The standard InChI is InChI=1S/C8H12BrN3OS/c1-5(3-9)4-10-8(13)7-6(2)11-12-14-7/h5H,3-4H2,1-2H3,(H,10,13). The molecule has 1 amide bonds. The van der Waals surface area contributed by atoms with Gasteiger partial charge in [0.1, 0.15) is 4.88 Å². The van der Waals surface area contributed by atoms with Crippen LogP contribution in [0.15, 0.2) is 0 Å². The minimum absolute atomic E-state index is 0.0784. The highest BCUT2D eigenvalue weighted by Gasteiger charge is 2.13. The number of alkyl halides is 1. The molecule has 0 aromatic carbocycles. The van der Waals surface area contributed by atoms with Crippen LogP contribution in [-0.4, -0.2) is 27.4 Å². The normalized spacial score (nSPS) is 12.5. The van der Waals surface area contributed by atoms with Crippen molar-refractivity contribution >= 4 is 33.4 Å². The number of carbonyl (C=O) groups excluding carboxylic acids is 1. The Bertz CT molecular complexity index is 315. The lowest BCUT2D eigenvalue weighted by molar-refractivity contribution is 0.0952. The summed E-state index contributed by atoms with van der Waals surface area (Å²) in [5, 5.41) is 7.50. The van der Waals surface area contributed by atoms with E-state index in [-0.39, 0.29) is 5.91 Å². The van der Waals surface area contributed by atoms with Crippen LogP contribution < -0.4 is 5.32 Å². The minimum atomic E-state index is -0.0784. The molecule has 1 N–H and O–H groups in total. The molecule has 0 fully saturated rings. The Morgan fingerprint density at radius 1 is 1.71 bits per heavy atom. The van der Waals surface area contributed by atoms with E-state index in [9.17, 15) is 4.79 Å². The number of aromatic nitrogens is 2. The van der Waals surface area contributed by atoms with Crippen molar-refractivity contribution in [2.75, 3.05) is 11.9 Å². The quantitative estimate of drug-likeness (QED) is 0.851. The molecular formula is C8H12BrN3OS. The van der Waals surface area contributed by atoms with Crippen LogP contribution in [0.1, 0.15) is 22.3 Å². The van der Waals surface area contributed by atoms with Gasteiger partial charge in [-0.3, -0.25) is 4.79 Å². The molecule has 0 aliphatic carbocycles. The van der Waals surface area contributed by atoms with E-state index in [1.165, 1.54) is 0 Å². The fraction of sp³-hybridized carbons (Fsp3) is 0.625. The Morgan fingerprint density at radius 3 is 2.93 bits per heavy atom. The molecule has 0 spiro atoms. The topological polar surface area (TPSA) is 54.9 Å². The van der Waals surface area contributed by atoms with E-state index in [0.717, 1.165) is 16.9 Å². The van der Waals surface area contributed by atoms with Crippen LogP contribution in [0.4, 0.5) is 0 Å². The van der Waals surface area contributed by atoms with E-state index in [2.05, 4.69) is 37.8 Å². The second-order valence-electron chi connectivity index (χ2n) is 3.16. The van der Waals surface area contributed by atoms with Crippen LogP contribution in [0.3, 0.4) is 0 Å². The average molecular weight is 278 g/mol. The fourth-order valence-electron chi connectivity index (χ4n) is 0.841. The number of aryl methyl sites for hydroxylation is 1. The van der Waals surface area contributed by atoms with Gasteiger partial charge < -0.3 is 5.32 Å². The van der Waals surface area contributed by atoms with E-state index >= 15 is 0 Å². The van der Waals surface area contributed by atoms with Crippen LogP contribution in [0, 0.1) is 12.8 Å². The zero-order valence-corrected chi connectivity index (χ0v) is 10.5. The van der Waals surface area contributed by atoms with Gasteiger partial charge in [0.2, 0.25) is 0 Å². The number of hydrogen-bond donors (Lipinski definition) is 1. The first-order chi connectivity index (χ1) is 6.65. The van der Waals surface area contributed by atoms with Gasteiger partial charge in [-0.2, -0.15) is 0 Å². The lowest BCUT2D eigenvalue weighted by Crippen LogP contribution is -2.28. The largest absolute Gasteiger partial charge is 0.351 e. The van der Waals surface area contributed by atoms with Gasteiger partial charge in [-0.05, 0) is 24.4 Å². The van der Waals surface area contributed by atoms with Gasteiger partial charge in [0.25, 0.3) is 5.91 Å². The summed E-state index contributed by atoms with van der Waals surface area (Å²) < 4.78 is 3.71. The first-order valence-corrected chi connectivity index (χ1v) is 6.17. The molecule has 0 aliphatic heterocycles. The summed E-state index contributed by atoms with van der Waals surface area (Å²) in [5.74, 6) is 0.352. The molecule has 0 saturated carbocycles. The highest BCUT2D eigenvalue weighted by molar-refractivity contribution is 9.09. The first-order valence-electron chi connectivity index (χ1n) is 4.28. The third kappa shape index (κ3) is 3.02. The molecule has 1 aromatic heterocycles. The maximum Gasteiger partial charge on any atom is 0.264 e. The zero-order chi connectivity index (χ0) is 10.6. The van der Waals surface area contributed by atoms with Crippen molar-refractivity contribution in [2.45, 2.75) is 13.8 Å². The van der Waals surface area contributed by atoms with E-state index in [4.69, 9.17) is 0 Å². The third-order valence-corrected chi connectivity index (χ3v) is 3.66. The SMILES string of the molecule is Cc1nnsc1C(=O)NCC(C)CBr. The van der Waals surface area contributed by atoms with Crippen molar-refractivity contribution in [3.63, 3.8) is 0 Å². The second kappa shape index (κ2) is 5.41. The molecule has 0 bridgehead atoms. The summed E-state index contributed by atoms with van der Waals surface area (Å²) in [7, 11) is 0. The molecule has 14 heavy (non-hydrogen) atoms. The molecule has 4 nitrogen and oxygen atoms in total. The number of hydrogen-bond acceptors (Lipinski definition) is 4. The average Bonchev–Trinajstić information content (AvgIpc) is 2.60. The van der Waals surface area contributed by atoms with Gasteiger partial charge in [-0.25, -0.2) is 0 Å². The van der Waals surface area contributed by atoms with Gasteiger partial charge in [0.05, 0.1) is 5.69 Å². The molecule has 0 radical (unpaired) electrons. The summed E-state index contributed by atoms with van der Waals surface area (Å²) in [5.41, 5.74) is 0.694. The summed E-state index contributed by atoms with van der Waals surface area (Å²) in [4.78, 5) is 12.2. The third-order valence-electron chi connectivity index (χ3n) is 1.73. The molecular weight excluding hydrogens is 266 g/mol. The van der Waals surface area contributed by atoms with E-state index < -0.39 is 0 Å². The zero-order valence-electron chi connectivity index (χ0n) is 8.08. The lowest BCUT2D eigenvalue weighted by atomic mass is 10.2. The predicted octanol–water partition coefficient (Wildman–Crippen LogP) is 1.61. The van der Waals surface area contributed by atoms with Crippen LogP contribution in [0.25, 0.3) is 0 Å². The Morgan fingerprint density at radius 2 is 2.43 bits per heavy atom. The molecule has 1 rings (SSSR count). The summed E-state index contributed by atoms with van der Waals surface area (Å²) in [6, 6.07) is 0. The fourth-order valence-corrected chi connectivity index (χ4v) is 1.64. The number of halogens is 1. The lowest BCUT2D eigenvalue weighted by Gasteiger charge is -2.08. The Labute approximate surface area is 95.4 Å². The number of rotatable bonds is 4. The summed E-state index contributed by atoms with van der Waals surface area (Å²) in [6.45, 7) is 4.51. The maximum atomic E-state index is 11.6. The molecule has 1 atom stereocenters. The minimum Gasteiger partial charge on any atom is -0.351 e. The van der Waals surface area contributed by atoms with Gasteiger partial charge in [-0.1, -0.05) is 27.3 Å². The number of carbonyl (C=O) groups is 1. The van der Waals surface area contributed by atoms with Gasteiger partial charge in [-0.15, -0.1) is 5.10 Å². The van der Waals surface area contributed by atoms with Gasteiger partial charge in [0.15, 0.2) is 0 Å². The van der Waals surface area contributed by atoms with Crippen LogP contribution in [0.5, 0.6) is 0 Å². The van der Waals surface area contributed by atoms with Crippen molar-refractivity contribution in [2.24, 2.45) is 5.92 Å². The summed E-state index contributed by atoms with van der Waals surface area (Å²) >= 11 is 4.49. The smallest absolute Gasteiger partial charge is 0.264 e. The van der Waals surface area contributed by atoms with Crippen LogP contribution in [0.2, 0.25) is 0 Å². The van der Waals surface area contributed by atoms with Crippen molar-refractivity contribution < 1.29 is 4.79 Å². The van der Waals surface area contributed by atoms with Crippen molar-refractivity contribution in [1.29, 1.82) is 0 Å². The van der Waals surface area contributed by atoms with E-state index in [0.29, 0.717) is 23.0 Å². The first kappa shape index (κ1) is 11.6. The van der Waals surface area contributed by atoms with Crippen LogP contribution in [-0.2, 0) is 0 Å². The van der Waals surface area contributed by atoms with Gasteiger partial charge in [0, 0.05) is 11.9 Å². The number of amides is 1.